The monoisotopic (exact) mass is 301 g/mol. The van der Waals surface area contributed by atoms with E-state index in [2.05, 4.69) is 47.2 Å². The number of para-hydroxylation sites is 2. The van der Waals surface area contributed by atoms with E-state index in [1.807, 2.05) is 12.1 Å². The fourth-order valence-corrected chi connectivity index (χ4v) is 3.53. The Hall–Kier alpha value is -2.50. The summed E-state index contributed by atoms with van der Waals surface area (Å²) in [6.45, 7) is 2.82. The lowest BCUT2D eigenvalue weighted by atomic mass is 9.86. The van der Waals surface area contributed by atoms with Crippen molar-refractivity contribution in [1.29, 1.82) is 0 Å². The van der Waals surface area contributed by atoms with Gasteiger partial charge in [0.2, 0.25) is 0 Å². The molecule has 0 amide bonds. The molecule has 1 fully saturated rings. The SMILES string of the molecule is C#CCN1CCC(=C2c3ccccc3Oc3ccccc32)CC1. The van der Waals surface area contributed by atoms with Gasteiger partial charge in [-0.05, 0) is 30.5 Å². The van der Waals surface area contributed by atoms with E-state index in [4.69, 9.17) is 11.2 Å². The molecule has 2 heteroatoms. The Morgan fingerprint density at radius 2 is 1.48 bits per heavy atom. The molecule has 2 heterocycles. The molecule has 23 heavy (non-hydrogen) atoms. The van der Waals surface area contributed by atoms with Crippen molar-refractivity contribution in [2.75, 3.05) is 19.6 Å². The second kappa shape index (κ2) is 5.95. The number of nitrogens with zero attached hydrogens (tertiary/aromatic N) is 1. The first kappa shape index (κ1) is 14.1. The van der Waals surface area contributed by atoms with Gasteiger partial charge in [0.05, 0.1) is 6.54 Å². The van der Waals surface area contributed by atoms with Gasteiger partial charge in [-0.3, -0.25) is 4.90 Å². The Morgan fingerprint density at radius 3 is 2.04 bits per heavy atom. The molecule has 0 bridgehead atoms. The molecule has 0 spiro atoms. The fraction of sp³-hybridized carbons (Fsp3) is 0.238. The first-order chi connectivity index (χ1) is 11.4. The molecule has 0 aromatic heterocycles. The lowest BCUT2D eigenvalue weighted by Gasteiger charge is -2.31. The predicted octanol–water partition coefficient (Wildman–Crippen LogP) is 4.32. The molecule has 0 saturated carbocycles. The molecule has 0 unspecified atom stereocenters. The number of rotatable bonds is 1. The number of piperidine rings is 1. The smallest absolute Gasteiger partial charge is 0.135 e. The van der Waals surface area contributed by atoms with Gasteiger partial charge in [-0.15, -0.1) is 6.42 Å². The number of fused-ring (bicyclic) bond motifs is 2. The van der Waals surface area contributed by atoms with Crippen LogP contribution in [0.1, 0.15) is 24.0 Å². The lowest BCUT2D eigenvalue weighted by Crippen LogP contribution is -2.31. The van der Waals surface area contributed by atoms with Crippen molar-refractivity contribution in [3.63, 3.8) is 0 Å². The van der Waals surface area contributed by atoms with Gasteiger partial charge in [-0.25, -0.2) is 0 Å². The molecular formula is C21H19NO. The summed E-state index contributed by atoms with van der Waals surface area (Å²) in [7, 11) is 0. The molecule has 2 nitrogen and oxygen atoms in total. The van der Waals surface area contributed by atoms with Gasteiger partial charge in [0.15, 0.2) is 0 Å². The standard InChI is InChI=1S/C21H19NO/c1-2-13-22-14-11-16(12-15-22)21-17-7-3-5-9-19(17)23-20-10-6-4-8-18(20)21/h1,3-10H,11-15H2. The maximum Gasteiger partial charge on any atom is 0.135 e. The van der Waals surface area contributed by atoms with Gasteiger partial charge >= 0.3 is 0 Å². The summed E-state index contributed by atoms with van der Waals surface area (Å²) in [6, 6.07) is 16.7. The molecule has 2 aliphatic heterocycles. The summed E-state index contributed by atoms with van der Waals surface area (Å²) < 4.78 is 6.09. The number of ether oxygens (including phenoxy) is 1. The molecule has 0 aliphatic carbocycles. The summed E-state index contributed by atoms with van der Waals surface area (Å²) in [4.78, 5) is 2.35. The Balaban J connectivity index is 1.79. The highest BCUT2D eigenvalue weighted by Crippen LogP contribution is 2.46. The van der Waals surface area contributed by atoms with Gasteiger partial charge in [0.1, 0.15) is 11.5 Å². The minimum atomic E-state index is 0.749. The van der Waals surface area contributed by atoms with E-state index >= 15 is 0 Å². The highest BCUT2D eigenvalue weighted by molar-refractivity contribution is 5.89. The zero-order valence-electron chi connectivity index (χ0n) is 13.1. The molecule has 0 N–H and O–H groups in total. The maximum atomic E-state index is 6.09. The maximum absolute atomic E-state index is 6.09. The zero-order valence-corrected chi connectivity index (χ0v) is 13.1. The highest BCUT2D eigenvalue weighted by atomic mass is 16.5. The molecule has 0 atom stereocenters. The first-order valence-electron chi connectivity index (χ1n) is 8.11. The van der Waals surface area contributed by atoms with Gasteiger partial charge in [-0.1, -0.05) is 47.9 Å². The molecule has 2 aromatic rings. The third-order valence-corrected chi connectivity index (χ3v) is 4.66. The second-order valence-electron chi connectivity index (χ2n) is 6.05. The van der Waals surface area contributed by atoms with Crippen LogP contribution in [0.25, 0.3) is 5.57 Å². The van der Waals surface area contributed by atoms with Crippen LogP contribution in [0.3, 0.4) is 0 Å². The van der Waals surface area contributed by atoms with Gasteiger partial charge in [0, 0.05) is 24.2 Å². The third kappa shape index (κ3) is 2.54. The number of hydrogen-bond acceptors (Lipinski definition) is 2. The van der Waals surface area contributed by atoms with Crippen molar-refractivity contribution in [3.8, 4) is 23.8 Å². The van der Waals surface area contributed by atoms with E-state index in [0.717, 1.165) is 44.0 Å². The van der Waals surface area contributed by atoms with Crippen molar-refractivity contribution in [2.24, 2.45) is 0 Å². The molecule has 114 valence electrons. The summed E-state index contributed by atoms with van der Waals surface area (Å²) in [5, 5.41) is 0. The Kier molecular flexibility index (Phi) is 3.65. The summed E-state index contributed by atoms with van der Waals surface area (Å²) in [5.41, 5.74) is 5.31. The van der Waals surface area contributed by atoms with E-state index < -0.39 is 0 Å². The van der Waals surface area contributed by atoms with E-state index in [-0.39, 0.29) is 0 Å². The van der Waals surface area contributed by atoms with Crippen LogP contribution < -0.4 is 4.74 Å². The van der Waals surface area contributed by atoms with Gasteiger partial charge < -0.3 is 4.74 Å². The van der Waals surface area contributed by atoms with Crippen molar-refractivity contribution >= 4 is 5.57 Å². The average Bonchev–Trinajstić information content (AvgIpc) is 2.61. The topological polar surface area (TPSA) is 12.5 Å². The van der Waals surface area contributed by atoms with E-state index in [9.17, 15) is 0 Å². The van der Waals surface area contributed by atoms with Crippen LogP contribution in [0.15, 0.2) is 54.1 Å². The first-order valence-corrected chi connectivity index (χ1v) is 8.11. The highest BCUT2D eigenvalue weighted by Gasteiger charge is 2.25. The molecule has 2 aromatic carbocycles. The molecule has 4 rings (SSSR count). The van der Waals surface area contributed by atoms with E-state index in [1.54, 1.807) is 0 Å². The minimum absolute atomic E-state index is 0.749. The number of terminal acetylenes is 1. The van der Waals surface area contributed by atoms with Crippen molar-refractivity contribution in [2.45, 2.75) is 12.8 Å². The van der Waals surface area contributed by atoms with Crippen LogP contribution in [0.2, 0.25) is 0 Å². The minimum Gasteiger partial charge on any atom is -0.456 e. The number of likely N-dealkylation sites (tertiary alicyclic amines) is 1. The molecular weight excluding hydrogens is 282 g/mol. The largest absolute Gasteiger partial charge is 0.456 e. The molecule has 1 saturated heterocycles. The van der Waals surface area contributed by atoms with Crippen LogP contribution >= 0.6 is 0 Å². The Labute approximate surface area is 137 Å². The summed E-state index contributed by atoms with van der Waals surface area (Å²) >= 11 is 0. The molecule has 0 radical (unpaired) electrons. The quantitative estimate of drug-likeness (QED) is 0.621. The van der Waals surface area contributed by atoms with Gasteiger partial charge in [-0.2, -0.15) is 0 Å². The van der Waals surface area contributed by atoms with Crippen LogP contribution in [0, 0.1) is 12.3 Å². The van der Waals surface area contributed by atoms with Crippen LogP contribution in [0.4, 0.5) is 0 Å². The van der Waals surface area contributed by atoms with E-state index in [0.29, 0.717) is 0 Å². The van der Waals surface area contributed by atoms with Crippen LogP contribution in [0.5, 0.6) is 11.5 Å². The third-order valence-electron chi connectivity index (χ3n) is 4.66. The normalized spacial score (nSPS) is 17.0. The van der Waals surface area contributed by atoms with Gasteiger partial charge in [0.25, 0.3) is 0 Å². The predicted molar refractivity (Wildman–Crippen MR) is 93.5 cm³/mol. The van der Waals surface area contributed by atoms with Crippen molar-refractivity contribution in [3.05, 3.63) is 65.2 Å². The van der Waals surface area contributed by atoms with Crippen LogP contribution in [-0.4, -0.2) is 24.5 Å². The Morgan fingerprint density at radius 1 is 0.913 bits per heavy atom. The number of benzene rings is 2. The second-order valence-corrected chi connectivity index (χ2v) is 6.05. The summed E-state index contributed by atoms with van der Waals surface area (Å²) in [5.74, 6) is 4.67. The Bertz CT molecular complexity index is 755. The average molecular weight is 301 g/mol. The van der Waals surface area contributed by atoms with Crippen molar-refractivity contribution < 1.29 is 4.74 Å². The molecule has 2 aliphatic rings. The van der Waals surface area contributed by atoms with E-state index in [1.165, 1.54) is 22.3 Å². The van der Waals surface area contributed by atoms with Crippen LogP contribution in [-0.2, 0) is 0 Å². The van der Waals surface area contributed by atoms with Crippen molar-refractivity contribution in [1.82, 2.24) is 4.90 Å². The fourth-order valence-electron chi connectivity index (χ4n) is 3.53. The zero-order chi connectivity index (χ0) is 15.6. The number of hydrogen-bond donors (Lipinski definition) is 0. The summed E-state index contributed by atoms with van der Waals surface area (Å²) in [6.07, 6.45) is 7.58. The lowest BCUT2D eigenvalue weighted by molar-refractivity contribution is 0.287.